The lowest BCUT2D eigenvalue weighted by atomic mass is 9.44. The van der Waals surface area contributed by atoms with Gasteiger partial charge in [-0.1, -0.05) is 46.3 Å². The summed E-state index contributed by atoms with van der Waals surface area (Å²) in [5, 5.41) is 54.4. The molecule has 9 heteroatoms. The van der Waals surface area contributed by atoms with Gasteiger partial charge in [0.2, 0.25) is 0 Å². The normalized spacial score (nSPS) is 60.4. The van der Waals surface area contributed by atoms with Crippen molar-refractivity contribution in [2.75, 3.05) is 6.61 Å². The molecule has 0 aromatic rings. The lowest BCUT2D eigenvalue weighted by Crippen LogP contribution is -2.58. The van der Waals surface area contributed by atoms with Crippen molar-refractivity contribution in [1.82, 2.24) is 0 Å². The predicted octanol–water partition coefficient (Wildman–Crippen LogP) is 3.04. The van der Waals surface area contributed by atoms with E-state index in [0.29, 0.717) is 11.8 Å². The molecule has 3 aliphatic heterocycles. The van der Waals surface area contributed by atoms with Crippen LogP contribution in [0.3, 0.4) is 0 Å². The zero-order valence-electron chi connectivity index (χ0n) is 27.5. The van der Waals surface area contributed by atoms with Crippen LogP contribution in [-0.4, -0.2) is 92.5 Å². The van der Waals surface area contributed by atoms with E-state index in [0.717, 1.165) is 44.9 Å². The Kier molecular flexibility index (Phi) is 6.20. The molecule has 0 aromatic carbocycles. The molecular formula is C35H54O9. The molecule has 0 radical (unpaired) electrons. The number of fused-ring (bicyclic) bond motifs is 4. The number of aliphatic hydroxyl groups excluding tert-OH is 4. The summed E-state index contributed by atoms with van der Waals surface area (Å²) in [5.41, 5.74) is -0.456. The molecule has 2 bridgehead atoms. The monoisotopic (exact) mass is 618 g/mol. The average molecular weight is 619 g/mol. The van der Waals surface area contributed by atoms with Gasteiger partial charge in [0.05, 0.1) is 24.4 Å². The summed E-state index contributed by atoms with van der Waals surface area (Å²) in [4.78, 5) is 0. The number of rotatable bonds is 3. The van der Waals surface area contributed by atoms with E-state index < -0.39 is 53.6 Å². The van der Waals surface area contributed by atoms with E-state index in [1.54, 1.807) is 13.8 Å². The largest absolute Gasteiger partial charge is 0.388 e. The molecule has 248 valence electrons. The summed E-state index contributed by atoms with van der Waals surface area (Å²) in [5.74, 6) is -0.431. The summed E-state index contributed by atoms with van der Waals surface area (Å²) in [6, 6.07) is 0. The van der Waals surface area contributed by atoms with E-state index in [2.05, 4.69) is 40.7 Å². The Labute approximate surface area is 261 Å². The lowest BCUT2D eigenvalue weighted by molar-refractivity contribution is -0.300. The van der Waals surface area contributed by atoms with Crippen molar-refractivity contribution < 1.29 is 44.5 Å². The number of ether oxygens (including phenoxy) is 4. The van der Waals surface area contributed by atoms with Crippen molar-refractivity contribution in [3.63, 3.8) is 0 Å². The van der Waals surface area contributed by atoms with Gasteiger partial charge >= 0.3 is 0 Å². The first-order chi connectivity index (χ1) is 20.4. The van der Waals surface area contributed by atoms with Crippen LogP contribution >= 0.6 is 0 Å². The van der Waals surface area contributed by atoms with Gasteiger partial charge in [0.15, 0.2) is 12.1 Å². The molecule has 1 unspecified atom stereocenters. The summed E-state index contributed by atoms with van der Waals surface area (Å²) >= 11 is 0. The zero-order chi connectivity index (χ0) is 31.6. The Morgan fingerprint density at radius 1 is 0.977 bits per heavy atom. The number of aliphatic hydroxyl groups is 5. The standard InChI is InChI=1S/C35H54O9/c1-17-14-19-26(30(4,5)40)44-35(43-19)25(17)31(6)12-13-34-16-33(34)11-10-22(42-27-24(38)23(37)18(36)15-41-27)29(2,3)20(33)8-9-21(34)32(31,7)28(35)39/h9,17-20,22-28,36-40H,8,10-16H2,1-7H3/t17-,18+,19-,20?,22+,23+,24-,25-,26+,27+,28-,31-,32-,33-,34+,35+/m1/s1. The molecule has 9 nitrogen and oxygen atoms in total. The van der Waals surface area contributed by atoms with Crippen LogP contribution in [0.25, 0.3) is 0 Å². The van der Waals surface area contributed by atoms with Gasteiger partial charge in [-0.2, -0.15) is 0 Å². The van der Waals surface area contributed by atoms with E-state index >= 15 is 0 Å². The van der Waals surface area contributed by atoms with Crippen molar-refractivity contribution in [1.29, 1.82) is 0 Å². The molecule has 5 N–H and O–H groups in total. The van der Waals surface area contributed by atoms with Gasteiger partial charge in [-0.3, -0.25) is 0 Å². The van der Waals surface area contributed by atoms with Gasteiger partial charge in [0, 0.05) is 11.3 Å². The van der Waals surface area contributed by atoms with E-state index in [4.69, 9.17) is 18.9 Å². The van der Waals surface area contributed by atoms with E-state index in [-0.39, 0.29) is 46.4 Å². The second-order valence-corrected chi connectivity index (χ2v) is 17.8. The molecule has 3 saturated heterocycles. The molecule has 0 aromatic heterocycles. The van der Waals surface area contributed by atoms with Crippen molar-refractivity contribution >= 4 is 0 Å². The van der Waals surface area contributed by atoms with Gasteiger partial charge in [0.25, 0.3) is 0 Å². The SMILES string of the molecule is C[C@@H]1C[C@H]2O[C@]3(O[C@@H]2C(C)(C)O)[C@H]1[C@@]1(C)CC[C@@]24C[C@@]25CC[C@H](O[C@@H]2OC[C@H](O)[C@H](O)[C@H]2O)C(C)(C)C5CC=C4[C@]1(C)[C@H]3O. The van der Waals surface area contributed by atoms with Gasteiger partial charge in [0.1, 0.15) is 30.5 Å². The van der Waals surface area contributed by atoms with Crippen LogP contribution in [0, 0.1) is 44.8 Å². The van der Waals surface area contributed by atoms with Crippen LogP contribution < -0.4 is 0 Å². The van der Waals surface area contributed by atoms with E-state index in [1.807, 2.05) is 0 Å². The third kappa shape index (κ3) is 3.33. The highest BCUT2D eigenvalue weighted by Crippen LogP contribution is 2.89. The highest BCUT2D eigenvalue weighted by Gasteiger charge is 2.86. The molecule has 44 heavy (non-hydrogen) atoms. The smallest absolute Gasteiger partial charge is 0.199 e. The van der Waals surface area contributed by atoms with Gasteiger partial charge < -0.3 is 44.5 Å². The summed E-state index contributed by atoms with van der Waals surface area (Å²) in [6.45, 7) is 15.0. The van der Waals surface area contributed by atoms with Gasteiger partial charge in [-0.15, -0.1) is 0 Å². The minimum Gasteiger partial charge on any atom is -0.388 e. The first-order valence-electron chi connectivity index (χ1n) is 17.2. The molecule has 3 heterocycles. The van der Waals surface area contributed by atoms with Crippen LogP contribution in [0.1, 0.15) is 93.4 Å². The Morgan fingerprint density at radius 2 is 1.70 bits per heavy atom. The minimum absolute atomic E-state index is 0.0234. The Morgan fingerprint density at radius 3 is 2.41 bits per heavy atom. The van der Waals surface area contributed by atoms with Crippen LogP contribution in [0.15, 0.2) is 11.6 Å². The molecule has 3 spiro atoms. The Hall–Kier alpha value is -0.620. The van der Waals surface area contributed by atoms with Gasteiger partial charge in [-0.05, 0) is 92.3 Å². The van der Waals surface area contributed by atoms with Crippen molar-refractivity contribution in [2.24, 2.45) is 44.8 Å². The predicted molar refractivity (Wildman–Crippen MR) is 159 cm³/mol. The Balaban J connectivity index is 1.13. The number of hydrogen-bond acceptors (Lipinski definition) is 9. The molecule has 5 aliphatic carbocycles. The quantitative estimate of drug-likeness (QED) is 0.302. The van der Waals surface area contributed by atoms with Crippen LogP contribution in [0.5, 0.6) is 0 Å². The maximum absolute atomic E-state index is 12.6. The molecular weight excluding hydrogens is 564 g/mol. The second-order valence-electron chi connectivity index (χ2n) is 17.8. The summed E-state index contributed by atoms with van der Waals surface area (Å²) in [7, 11) is 0. The van der Waals surface area contributed by atoms with Crippen LogP contribution in [0.4, 0.5) is 0 Å². The third-order valence-electron chi connectivity index (χ3n) is 15.2. The van der Waals surface area contributed by atoms with E-state index in [9.17, 15) is 25.5 Å². The van der Waals surface area contributed by atoms with Crippen LogP contribution in [0.2, 0.25) is 0 Å². The molecule has 4 saturated carbocycles. The minimum atomic E-state index is -1.30. The Bertz CT molecular complexity index is 1260. The zero-order valence-corrected chi connectivity index (χ0v) is 27.5. The van der Waals surface area contributed by atoms with E-state index in [1.165, 1.54) is 5.57 Å². The number of allylic oxidation sites excluding steroid dienone is 1. The summed E-state index contributed by atoms with van der Waals surface area (Å²) < 4.78 is 25.7. The second kappa shape index (κ2) is 8.88. The molecule has 16 atom stereocenters. The lowest BCUT2D eigenvalue weighted by Gasteiger charge is -2.60. The number of hydrogen-bond donors (Lipinski definition) is 5. The van der Waals surface area contributed by atoms with Crippen LogP contribution in [-0.2, 0) is 18.9 Å². The fraction of sp³-hybridized carbons (Fsp3) is 0.943. The molecule has 8 aliphatic rings. The first kappa shape index (κ1) is 30.7. The van der Waals surface area contributed by atoms with Crippen molar-refractivity contribution in [3.8, 4) is 0 Å². The van der Waals surface area contributed by atoms with Crippen molar-refractivity contribution in [2.45, 2.75) is 154 Å². The topological polar surface area (TPSA) is 138 Å². The average Bonchev–Trinajstić information content (AvgIpc) is 3.45. The molecule has 7 fully saturated rings. The fourth-order valence-corrected chi connectivity index (χ4v) is 13.1. The maximum Gasteiger partial charge on any atom is 0.199 e. The summed E-state index contributed by atoms with van der Waals surface area (Å²) in [6.07, 6.45) is 2.81. The highest BCUT2D eigenvalue weighted by atomic mass is 16.8. The third-order valence-corrected chi connectivity index (χ3v) is 15.2. The first-order valence-corrected chi connectivity index (χ1v) is 17.2. The molecule has 8 rings (SSSR count). The fourth-order valence-electron chi connectivity index (χ4n) is 13.1. The van der Waals surface area contributed by atoms with Crippen molar-refractivity contribution in [3.05, 3.63) is 11.6 Å². The maximum atomic E-state index is 12.6. The van der Waals surface area contributed by atoms with Gasteiger partial charge in [-0.25, -0.2) is 0 Å². The molecule has 0 amide bonds. The highest BCUT2D eigenvalue weighted by molar-refractivity contribution is 5.48.